The first-order valence-corrected chi connectivity index (χ1v) is 10.2. The standard InChI is InChI=1S/C25H29N3O2/c1-17-9-7-14-23(18(17)2)27-25(30)16-28(4)15-24(29)26-19(3)21-13-8-11-20-10-5-6-12-22(20)21/h5-14,19H,15-16H2,1-4H3,(H,26,29)(H,27,30)/t19-/m1/s1. The number of amides is 2. The summed E-state index contributed by atoms with van der Waals surface area (Å²) in [7, 11) is 1.77. The summed E-state index contributed by atoms with van der Waals surface area (Å²) >= 11 is 0. The third-order valence-electron chi connectivity index (χ3n) is 5.37. The second-order valence-electron chi connectivity index (χ2n) is 7.83. The van der Waals surface area contributed by atoms with Gasteiger partial charge in [-0.1, -0.05) is 54.6 Å². The van der Waals surface area contributed by atoms with Gasteiger partial charge in [-0.05, 0) is 61.3 Å². The smallest absolute Gasteiger partial charge is 0.238 e. The van der Waals surface area contributed by atoms with Gasteiger partial charge in [0.1, 0.15) is 0 Å². The molecule has 3 aromatic rings. The van der Waals surface area contributed by atoms with E-state index in [4.69, 9.17) is 0 Å². The van der Waals surface area contributed by atoms with Gasteiger partial charge < -0.3 is 10.6 Å². The van der Waals surface area contributed by atoms with Crippen LogP contribution in [0.3, 0.4) is 0 Å². The first-order chi connectivity index (χ1) is 14.3. The third kappa shape index (κ3) is 5.24. The number of nitrogens with zero attached hydrogens (tertiary/aromatic N) is 1. The van der Waals surface area contributed by atoms with Gasteiger partial charge in [0.25, 0.3) is 0 Å². The molecule has 1 atom stereocenters. The molecule has 156 valence electrons. The number of fused-ring (bicyclic) bond motifs is 1. The number of nitrogens with one attached hydrogen (secondary N) is 2. The number of likely N-dealkylation sites (N-methyl/N-ethyl adjacent to an activating group) is 1. The van der Waals surface area contributed by atoms with Crippen LogP contribution in [0, 0.1) is 13.8 Å². The molecule has 0 radical (unpaired) electrons. The van der Waals surface area contributed by atoms with E-state index in [1.54, 1.807) is 11.9 Å². The molecule has 0 fully saturated rings. The van der Waals surface area contributed by atoms with Crippen LogP contribution in [-0.2, 0) is 9.59 Å². The van der Waals surface area contributed by atoms with Crippen LogP contribution >= 0.6 is 0 Å². The van der Waals surface area contributed by atoms with Crippen molar-refractivity contribution >= 4 is 28.3 Å². The van der Waals surface area contributed by atoms with E-state index in [0.29, 0.717) is 0 Å². The molecule has 0 aliphatic heterocycles. The number of anilines is 1. The van der Waals surface area contributed by atoms with Crippen LogP contribution in [0.1, 0.15) is 29.7 Å². The molecule has 0 aliphatic rings. The van der Waals surface area contributed by atoms with Gasteiger partial charge in [-0.3, -0.25) is 14.5 Å². The zero-order valence-corrected chi connectivity index (χ0v) is 18.0. The lowest BCUT2D eigenvalue weighted by Gasteiger charge is -2.20. The summed E-state index contributed by atoms with van der Waals surface area (Å²) in [6.45, 7) is 6.26. The molecule has 0 aromatic heterocycles. The van der Waals surface area contributed by atoms with Crippen molar-refractivity contribution in [1.82, 2.24) is 10.2 Å². The largest absolute Gasteiger partial charge is 0.348 e. The monoisotopic (exact) mass is 403 g/mol. The molecule has 0 aliphatic carbocycles. The van der Waals surface area contributed by atoms with Crippen LogP contribution in [0.5, 0.6) is 0 Å². The fourth-order valence-electron chi connectivity index (χ4n) is 3.62. The lowest BCUT2D eigenvalue weighted by Crippen LogP contribution is -2.39. The SMILES string of the molecule is Cc1cccc(NC(=O)CN(C)CC(=O)N[C@H](C)c2cccc3ccccc23)c1C. The fourth-order valence-corrected chi connectivity index (χ4v) is 3.62. The predicted octanol–water partition coefficient (Wildman–Crippen LogP) is 4.20. The van der Waals surface area contributed by atoms with Crippen molar-refractivity contribution in [3.05, 3.63) is 77.4 Å². The van der Waals surface area contributed by atoms with Gasteiger partial charge in [0.2, 0.25) is 11.8 Å². The highest BCUT2D eigenvalue weighted by molar-refractivity contribution is 5.93. The average Bonchev–Trinajstić information content (AvgIpc) is 2.70. The minimum atomic E-state index is -0.138. The van der Waals surface area contributed by atoms with Crippen molar-refractivity contribution in [1.29, 1.82) is 0 Å². The molecule has 3 aromatic carbocycles. The van der Waals surface area contributed by atoms with Crippen LogP contribution in [0.15, 0.2) is 60.7 Å². The van der Waals surface area contributed by atoms with Crippen molar-refractivity contribution in [2.75, 3.05) is 25.5 Å². The van der Waals surface area contributed by atoms with Crippen molar-refractivity contribution in [2.45, 2.75) is 26.8 Å². The molecular weight excluding hydrogens is 374 g/mol. The topological polar surface area (TPSA) is 61.4 Å². The van der Waals surface area contributed by atoms with E-state index in [1.807, 2.05) is 63.2 Å². The minimum Gasteiger partial charge on any atom is -0.348 e. The molecule has 2 amide bonds. The van der Waals surface area contributed by atoms with Crippen LogP contribution in [0.4, 0.5) is 5.69 Å². The molecule has 0 spiro atoms. The maximum Gasteiger partial charge on any atom is 0.238 e. The van der Waals surface area contributed by atoms with E-state index in [1.165, 1.54) is 0 Å². The van der Waals surface area contributed by atoms with Crippen molar-refractivity contribution in [2.24, 2.45) is 0 Å². The van der Waals surface area contributed by atoms with Crippen molar-refractivity contribution in [3.8, 4) is 0 Å². The summed E-state index contributed by atoms with van der Waals surface area (Å²) in [5.74, 6) is -0.251. The number of rotatable bonds is 7. The Labute approximate surface area is 178 Å². The van der Waals surface area contributed by atoms with Crippen LogP contribution in [0.25, 0.3) is 10.8 Å². The van der Waals surface area contributed by atoms with E-state index >= 15 is 0 Å². The predicted molar refractivity (Wildman–Crippen MR) is 123 cm³/mol. The quantitative estimate of drug-likeness (QED) is 0.621. The van der Waals surface area contributed by atoms with Crippen LogP contribution < -0.4 is 10.6 Å². The third-order valence-corrected chi connectivity index (χ3v) is 5.37. The zero-order chi connectivity index (χ0) is 21.7. The van der Waals surface area contributed by atoms with Gasteiger partial charge in [-0.25, -0.2) is 0 Å². The second kappa shape index (κ2) is 9.55. The van der Waals surface area contributed by atoms with E-state index in [0.717, 1.165) is 33.2 Å². The van der Waals surface area contributed by atoms with Gasteiger partial charge in [-0.15, -0.1) is 0 Å². The number of aryl methyl sites for hydroxylation is 1. The molecular formula is C25H29N3O2. The highest BCUT2D eigenvalue weighted by atomic mass is 16.2. The number of hydrogen-bond acceptors (Lipinski definition) is 3. The van der Waals surface area contributed by atoms with Crippen LogP contribution in [0.2, 0.25) is 0 Å². The Morgan fingerprint density at radius 3 is 2.37 bits per heavy atom. The number of carbonyl (C=O) groups is 2. The van der Waals surface area contributed by atoms with Gasteiger partial charge in [-0.2, -0.15) is 0 Å². The van der Waals surface area contributed by atoms with Gasteiger partial charge >= 0.3 is 0 Å². The number of carbonyl (C=O) groups excluding carboxylic acids is 2. The molecule has 0 unspecified atom stereocenters. The molecule has 0 heterocycles. The maximum atomic E-state index is 12.5. The summed E-state index contributed by atoms with van der Waals surface area (Å²) in [5.41, 5.74) is 4.07. The Morgan fingerprint density at radius 1 is 0.900 bits per heavy atom. The van der Waals surface area contributed by atoms with Crippen LogP contribution in [-0.4, -0.2) is 36.9 Å². The molecule has 0 bridgehead atoms. The van der Waals surface area contributed by atoms with Crippen molar-refractivity contribution in [3.63, 3.8) is 0 Å². The summed E-state index contributed by atoms with van der Waals surface area (Å²) in [5, 5.41) is 8.26. The molecule has 2 N–H and O–H groups in total. The zero-order valence-electron chi connectivity index (χ0n) is 18.0. The molecule has 0 saturated heterocycles. The molecule has 5 nitrogen and oxygen atoms in total. The maximum absolute atomic E-state index is 12.5. The lowest BCUT2D eigenvalue weighted by atomic mass is 10.00. The van der Waals surface area contributed by atoms with E-state index in [-0.39, 0.29) is 30.9 Å². The Kier molecular flexibility index (Phi) is 6.85. The normalized spacial score (nSPS) is 12.0. The molecule has 5 heteroatoms. The van der Waals surface area contributed by atoms with Gasteiger partial charge in [0.15, 0.2) is 0 Å². The van der Waals surface area contributed by atoms with E-state index in [9.17, 15) is 9.59 Å². The first-order valence-electron chi connectivity index (χ1n) is 10.2. The lowest BCUT2D eigenvalue weighted by molar-refractivity contribution is -0.123. The molecule has 0 saturated carbocycles. The molecule has 30 heavy (non-hydrogen) atoms. The minimum absolute atomic E-state index is 0.113. The van der Waals surface area contributed by atoms with E-state index < -0.39 is 0 Å². The second-order valence-corrected chi connectivity index (χ2v) is 7.83. The Morgan fingerprint density at radius 2 is 1.57 bits per heavy atom. The number of hydrogen-bond donors (Lipinski definition) is 2. The summed E-state index contributed by atoms with van der Waals surface area (Å²) < 4.78 is 0. The van der Waals surface area contributed by atoms with Gasteiger partial charge in [0.05, 0.1) is 19.1 Å². The number of benzene rings is 3. The van der Waals surface area contributed by atoms with Crippen molar-refractivity contribution < 1.29 is 9.59 Å². The average molecular weight is 404 g/mol. The first kappa shape index (κ1) is 21.5. The molecule has 3 rings (SSSR count). The summed E-state index contributed by atoms with van der Waals surface area (Å²) in [6.07, 6.45) is 0. The Balaban J connectivity index is 1.55. The summed E-state index contributed by atoms with van der Waals surface area (Å²) in [4.78, 5) is 26.6. The van der Waals surface area contributed by atoms with Gasteiger partial charge in [0, 0.05) is 5.69 Å². The van der Waals surface area contributed by atoms with E-state index in [2.05, 4.69) is 28.8 Å². The fraction of sp³-hybridized carbons (Fsp3) is 0.280. The Hall–Kier alpha value is -3.18. The highest BCUT2D eigenvalue weighted by Crippen LogP contribution is 2.24. The Bertz CT molecular complexity index is 1060. The highest BCUT2D eigenvalue weighted by Gasteiger charge is 2.15. The summed E-state index contributed by atoms with van der Waals surface area (Å²) in [6, 6.07) is 19.9.